The second-order valence-corrected chi connectivity index (χ2v) is 10.0. The van der Waals surface area contributed by atoms with Gasteiger partial charge in [-0.15, -0.1) is 0 Å². The van der Waals surface area contributed by atoms with Gasteiger partial charge in [0, 0.05) is 16.3 Å². The molecular weight excluding hydrogens is 554 g/mol. The Kier molecular flexibility index (Phi) is 8.61. The molecule has 0 unspecified atom stereocenters. The number of anilines is 1. The Morgan fingerprint density at radius 2 is 1.87 bits per heavy atom. The molecule has 1 N–H and O–H groups in total. The Morgan fingerprint density at radius 3 is 2.58 bits per heavy atom. The minimum Gasteiger partial charge on any atom is -0.493 e. The van der Waals surface area contributed by atoms with E-state index in [4.69, 9.17) is 32.7 Å². The van der Waals surface area contributed by atoms with Crippen LogP contribution in [0.15, 0.2) is 59.5 Å². The Morgan fingerprint density at radius 1 is 1.11 bits per heavy atom. The highest BCUT2D eigenvalue weighted by molar-refractivity contribution is 8.18. The minimum absolute atomic E-state index is 0.0513. The van der Waals surface area contributed by atoms with E-state index in [1.54, 1.807) is 12.1 Å². The van der Waals surface area contributed by atoms with E-state index in [0.717, 1.165) is 10.5 Å². The van der Waals surface area contributed by atoms with Gasteiger partial charge in [0.05, 0.1) is 23.6 Å². The van der Waals surface area contributed by atoms with Crippen molar-refractivity contribution in [3.05, 3.63) is 92.1 Å². The molecule has 0 aliphatic carbocycles. The molecule has 7 nitrogen and oxygen atoms in total. The summed E-state index contributed by atoms with van der Waals surface area (Å²) in [6.45, 7) is 1.30. The summed E-state index contributed by atoms with van der Waals surface area (Å²) in [7, 11) is 1.40. The van der Waals surface area contributed by atoms with Gasteiger partial charge in [0.1, 0.15) is 5.82 Å². The fraction of sp³-hybridized carbons (Fsp3) is 0.148. The van der Waals surface area contributed by atoms with E-state index >= 15 is 0 Å². The van der Waals surface area contributed by atoms with Gasteiger partial charge in [-0.25, -0.2) is 4.39 Å². The fourth-order valence-electron chi connectivity index (χ4n) is 3.65. The van der Waals surface area contributed by atoms with Crippen LogP contribution in [-0.4, -0.2) is 35.7 Å². The summed E-state index contributed by atoms with van der Waals surface area (Å²) in [6.07, 6.45) is 1.47. The van der Waals surface area contributed by atoms with Gasteiger partial charge in [-0.05, 0) is 72.3 Å². The van der Waals surface area contributed by atoms with E-state index in [9.17, 15) is 18.8 Å². The SMILES string of the molecule is COc1cc(/C=C2\SC(=O)N(Cc3c(F)cccc3Cl)C2=O)cc(Cl)c1OCC(=O)Nc1cccc(C)c1. The van der Waals surface area contributed by atoms with Crippen molar-refractivity contribution >= 4 is 63.8 Å². The highest BCUT2D eigenvalue weighted by Crippen LogP contribution is 2.39. The molecule has 1 fully saturated rings. The molecule has 0 atom stereocenters. The van der Waals surface area contributed by atoms with Crippen LogP contribution in [0, 0.1) is 12.7 Å². The maximum Gasteiger partial charge on any atom is 0.293 e. The molecule has 3 aromatic carbocycles. The number of methoxy groups -OCH3 is 1. The molecule has 0 aromatic heterocycles. The summed E-state index contributed by atoms with van der Waals surface area (Å²) < 4.78 is 25.2. The monoisotopic (exact) mass is 574 g/mol. The summed E-state index contributed by atoms with van der Waals surface area (Å²) >= 11 is 13.2. The molecule has 0 spiro atoms. The van der Waals surface area contributed by atoms with E-state index < -0.39 is 17.0 Å². The van der Waals surface area contributed by atoms with Crippen molar-refractivity contribution in [2.24, 2.45) is 0 Å². The number of hydrogen-bond acceptors (Lipinski definition) is 6. The molecule has 38 heavy (non-hydrogen) atoms. The Balaban J connectivity index is 1.48. The predicted molar refractivity (Wildman–Crippen MR) is 146 cm³/mol. The smallest absolute Gasteiger partial charge is 0.293 e. The second kappa shape index (κ2) is 11.9. The van der Waals surface area contributed by atoms with Gasteiger partial charge in [-0.1, -0.05) is 41.4 Å². The first kappa shape index (κ1) is 27.5. The van der Waals surface area contributed by atoms with Gasteiger partial charge in [-0.2, -0.15) is 0 Å². The zero-order chi connectivity index (χ0) is 27.4. The molecular formula is C27H21Cl2FN2O5S. The molecule has 1 aliphatic heterocycles. The van der Waals surface area contributed by atoms with Crippen LogP contribution in [0.1, 0.15) is 16.7 Å². The number of carbonyl (C=O) groups excluding carboxylic acids is 3. The molecule has 3 aromatic rings. The first-order valence-corrected chi connectivity index (χ1v) is 12.8. The number of benzene rings is 3. The average Bonchev–Trinajstić information content (AvgIpc) is 3.12. The van der Waals surface area contributed by atoms with Crippen LogP contribution in [0.2, 0.25) is 10.0 Å². The number of nitrogens with one attached hydrogen (secondary N) is 1. The number of rotatable bonds is 8. The number of hydrogen-bond donors (Lipinski definition) is 1. The number of carbonyl (C=O) groups is 3. The average molecular weight is 575 g/mol. The quantitative estimate of drug-likeness (QED) is 0.301. The van der Waals surface area contributed by atoms with Crippen LogP contribution in [-0.2, 0) is 16.1 Å². The third kappa shape index (κ3) is 6.30. The number of imide groups is 1. The van der Waals surface area contributed by atoms with Crippen molar-refractivity contribution in [3.8, 4) is 11.5 Å². The maximum atomic E-state index is 14.2. The van der Waals surface area contributed by atoms with Gasteiger partial charge >= 0.3 is 0 Å². The predicted octanol–water partition coefficient (Wildman–Crippen LogP) is 6.70. The van der Waals surface area contributed by atoms with Crippen LogP contribution < -0.4 is 14.8 Å². The van der Waals surface area contributed by atoms with E-state index in [0.29, 0.717) is 23.0 Å². The topological polar surface area (TPSA) is 84.9 Å². The van der Waals surface area contributed by atoms with Gasteiger partial charge < -0.3 is 14.8 Å². The standard InChI is InChI=1S/C27H21Cl2FN2O5S/c1-15-5-3-6-17(9-15)31-24(33)14-37-25-20(29)10-16(11-22(25)36-2)12-23-26(34)32(27(35)38-23)13-18-19(28)7-4-8-21(18)30/h3-12H,13-14H2,1-2H3,(H,31,33)/b23-12-. The molecule has 0 saturated carbocycles. The number of halogens is 3. The molecule has 1 saturated heterocycles. The van der Waals surface area contributed by atoms with Gasteiger partial charge in [0.15, 0.2) is 18.1 Å². The lowest BCUT2D eigenvalue weighted by Crippen LogP contribution is -2.28. The third-order valence-electron chi connectivity index (χ3n) is 5.45. The Bertz CT molecular complexity index is 1440. The van der Waals surface area contributed by atoms with Crippen LogP contribution in [0.25, 0.3) is 6.08 Å². The van der Waals surface area contributed by atoms with Crippen molar-refractivity contribution in [2.45, 2.75) is 13.5 Å². The number of thioether (sulfide) groups is 1. The van der Waals surface area contributed by atoms with E-state index in [1.807, 2.05) is 25.1 Å². The molecule has 196 valence electrons. The van der Waals surface area contributed by atoms with Crippen molar-refractivity contribution in [1.29, 1.82) is 0 Å². The number of nitrogens with zero attached hydrogens (tertiary/aromatic N) is 1. The van der Waals surface area contributed by atoms with Gasteiger partial charge in [-0.3, -0.25) is 19.3 Å². The lowest BCUT2D eigenvalue weighted by Gasteiger charge is -2.14. The largest absolute Gasteiger partial charge is 0.493 e. The van der Waals surface area contributed by atoms with Gasteiger partial charge in [0.25, 0.3) is 17.1 Å². The molecule has 4 rings (SSSR count). The Hall–Kier alpha value is -3.53. The molecule has 1 aliphatic rings. The highest BCUT2D eigenvalue weighted by atomic mass is 35.5. The molecule has 0 radical (unpaired) electrons. The third-order valence-corrected chi connectivity index (χ3v) is 6.99. The van der Waals surface area contributed by atoms with Crippen molar-refractivity contribution in [2.75, 3.05) is 19.0 Å². The van der Waals surface area contributed by atoms with Crippen molar-refractivity contribution in [3.63, 3.8) is 0 Å². The molecule has 0 bridgehead atoms. The normalized spacial score (nSPS) is 14.2. The van der Waals surface area contributed by atoms with Crippen molar-refractivity contribution < 1.29 is 28.2 Å². The lowest BCUT2D eigenvalue weighted by molar-refractivity contribution is -0.123. The van der Waals surface area contributed by atoms with Gasteiger partial charge in [0.2, 0.25) is 0 Å². The first-order chi connectivity index (χ1) is 18.2. The number of amides is 3. The lowest BCUT2D eigenvalue weighted by atomic mass is 10.1. The maximum absolute atomic E-state index is 14.2. The molecule has 1 heterocycles. The van der Waals surface area contributed by atoms with Crippen molar-refractivity contribution in [1.82, 2.24) is 4.90 Å². The summed E-state index contributed by atoms with van der Waals surface area (Å²) in [5.41, 5.74) is 2.14. The van der Waals surface area contributed by atoms with E-state index in [2.05, 4.69) is 5.32 Å². The number of aryl methyl sites for hydroxylation is 1. The minimum atomic E-state index is -0.611. The summed E-state index contributed by atoms with van der Waals surface area (Å²) in [5.74, 6) is -1.22. The molecule has 3 amide bonds. The first-order valence-electron chi connectivity index (χ1n) is 11.2. The second-order valence-electron chi connectivity index (χ2n) is 8.21. The Labute approximate surface area is 232 Å². The molecule has 11 heteroatoms. The number of ether oxygens (including phenoxy) is 2. The summed E-state index contributed by atoms with van der Waals surface area (Å²) in [4.78, 5) is 38.8. The highest BCUT2D eigenvalue weighted by Gasteiger charge is 2.36. The summed E-state index contributed by atoms with van der Waals surface area (Å²) in [6, 6.07) is 14.5. The zero-order valence-corrected chi connectivity index (χ0v) is 22.5. The zero-order valence-electron chi connectivity index (χ0n) is 20.2. The van der Waals surface area contributed by atoms with Crippen LogP contribution >= 0.6 is 35.0 Å². The van der Waals surface area contributed by atoms with E-state index in [1.165, 1.54) is 37.5 Å². The van der Waals surface area contributed by atoms with Crippen LogP contribution in [0.4, 0.5) is 14.9 Å². The van der Waals surface area contributed by atoms with Crippen LogP contribution in [0.5, 0.6) is 11.5 Å². The van der Waals surface area contributed by atoms with Crippen LogP contribution in [0.3, 0.4) is 0 Å². The van der Waals surface area contributed by atoms with E-state index in [-0.39, 0.29) is 51.1 Å². The summed E-state index contributed by atoms with van der Waals surface area (Å²) in [5, 5.41) is 2.44. The fourth-order valence-corrected chi connectivity index (χ4v) is 4.98.